The summed E-state index contributed by atoms with van der Waals surface area (Å²) in [6, 6.07) is 3.83. The Kier molecular flexibility index (Phi) is 4.72. The van der Waals surface area contributed by atoms with Crippen LogP contribution in [0, 0.1) is 0 Å². The van der Waals surface area contributed by atoms with E-state index < -0.39 is 6.10 Å². The van der Waals surface area contributed by atoms with Crippen LogP contribution in [0.4, 0.5) is 5.82 Å². The summed E-state index contributed by atoms with van der Waals surface area (Å²) in [7, 11) is 0. The first-order chi connectivity index (χ1) is 10.3. The molecule has 3 rings (SSSR count). The van der Waals surface area contributed by atoms with Crippen molar-refractivity contribution in [2.45, 2.75) is 6.10 Å². The van der Waals surface area contributed by atoms with Crippen LogP contribution in [0.2, 0.25) is 0 Å². The molecule has 1 aromatic heterocycles. The van der Waals surface area contributed by atoms with Gasteiger partial charge >= 0.3 is 0 Å². The molecule has 7 heteroatoms. The molecule has 0 bridgehead atoms. The van der Waals surface area contributed by atoms with E-state index in [0.29, 0.717) is 39.5 Å². The van der Waals surface area contributed by atoms with Gasteiger partial charge in [0.15, 0.2) is 6.10 Å². The van der Waals surface area contributed by atoms with Crippen LogP contribution in [-0.4, -0.2) is 67.9 Å². The van der Waals surface area contributed by atoms with E-state index in [9.17, 15) is 4.79 Å². The minimum absolute atomic E-state index is 0.0510. The lowest BCUT2D eigenvalue weighted by molar-refractivity contribution is -0.148. The minimum atomic E-state index is -0.425. The fraction of sp³-hybridized carbons (Fsp3) is 0.571. The Morgan fingerprint density at radius 1 is 1.29 bits per heavy atom. The molecule has 6 nitrogen and oxygen atoms in total. The largest absolute Gasteiger partial charge is 0.378 e. The second kappa shape index (κ2) is 6.72. The van der Waals surface area contributed by atoms with Gasteiger partial charge in [-0.05, 0) is 28.1 Å². The van der Waals surface area contributed by atoms with Gasteiger partial charge in [0.2, 0.25) is 0 Å². The van der Waals surface area contributed by atoms with Crippen LogP contribution in [0.25, 0.3) is 0 Å². The molecule has 0 aromatic carbocycles. The minimum Gasteiger partial charge on any atom is -0.378 e. The number of morpholine rings is 2. The second-order valence-corrected chi connectivity index (χ2v) is 5.91. The number of hydrogen-bond donors (Lipinski definition) is 0. The van der Waals surface area contributed by atoms with E-state index in [0.717, 1.165) is 16.8 Å². The summed E-state index contributed by atoms with van der Waals surface area (Å²) in [6.07, 6.45) is 1.33. The maximum Gasteiger partial charge on any atom is 0.253 e. The maximum atomic E-state index is 12.5. The highest BCUT2D eigenvalue weighted by Gasteiger charge is 2.31. The standard InChI is InChI=1S/C14H18BrN3O3/c15-11-2-1-3-16-13(11)18-6-9-21-12(10-18)14(19)17-4-7-20-8-5-17/h1-3,12H,4-10H2. The van der Waals surface area contributed by atoms with Crippen molar-refractivity contribution in [2.75, 3.05) is 50.9 Å². The average Bonchev–Trinajstić information content (AvgIpc) is 2.55. The predicted molar refractivity (Wildman–Crippen MR) is 81.3 cm³/mol. The molecule has 3 heterocycles. The van der Waals surface area contributed by atoms with Gasteiger partial charge in [0.05, 0.1) is 30.8 Å². The highest BCUT2D eigenvalue weighted by molar-refractivity contribution is 9.10. The maximum absolute atomic E-state index is 12.5. The van der Waals surface area contributed by atoms with Gasteiger partial charge in [0.25, 0.3) is 5.91 Å². The van der Waals surface area contributed by atoms with Crippen molar-refractivity contribution < 1.29 is 14.3 Å². The first-order valence-electron chi connectivity index (χ1n) is 7.09. The first kappa shape index (κ1) is 14.7. The van der Waals surface area contributed by atoms with Crippen molar-refractivity contribution in [2.24, 2.45) is 0 Å². The van der Waals surface area contributed by atoms with Crippen LogP contribution in [0.15, 0.2) is 22.8 Å². The van der Waals surface area contributed by atoms with Gasteiger partial charge in [-0.15, -0.1) is 0 Å². The van der Waals surface area contributed by atoms with Gasteiger partial charge < -0.3 is 19.3 Å². The lowest BCUT2D eigenvalue weighted by atomic mass is 10.2. The number of halogens is 1. The third-order valence-electron chi connectivity index (χ3n) is 3.70. The summed E-state index contributed by atoms with van der Waals surface area (Å²) in [5.74, 6) is 0.913. The smallest absolute Gasteiger partial charge is 0.253 e. The molecular weight excluding hydrogens is 338 g/mol. The van der Waals surface area contributed by atoms with E-state index in [-0.39, 0.29) is 5.91 Å². The Morgan fingerprint density at radius 2 is 2.10 bits per heavy atom. The number of aromatic nitrogens is 1. The van der Waals surface area contributed by atoms with Gasteiger partial charge in [0, 0.05) is 25.8 Å². The summed E-state index contributed by atoms with van der Waals surface area (Å²) < 4.78 is 11.9. The fourth-order valence-electron chi connectivity index (χ4n) is 2.59. The molecule has 114 valence electrons. The summed E-state index contributed by atoms with van der Waals surface area (Å²) in [4.78, 5) is 20.8. The van der Waals surface area contributed by atoms with E-state index in [4.69, 9.17) is 9.47 Å². The summed E-state index contributed by atoms with van der Waals surface area (Å²) in [5.41, 5.74) is 0. The van der Waals surface area contributed by atoms with Crippen LogP contribution >= 0.6 is 15.9 Å². The van der Waals surface area contributed by atoms with E-state index >= 15 is 0 Å². The number of rotatable bonds is 2. The molecule has 2 aliphatic heterocycles. The van der Waals surface area contributed by atoms with Crippen LogP contribution in [0.3, 0.4) is 0 Å². The number of hydrogen-bond acceptors (Lipinski definition) is 5. The Labute approximate surface area is 132 Å². The fourth-order valence-corrected chi connectivity index (χ4v) is 3.09. The molecule has 21 heavy (non-hydrogen) atoms. The van der Waals surface area contributed by atoms with E-state index in [2.05, 4.69) is 25.8 Å². The molecule has 0 N–H and O–H groups in total. The van der Waals surface area contributed by atoms with E-state index in [1.807, 2.05) is 17.0 Å². The number of carbonyl (C=O) groups is 1. The van der Waals surface area contributed by atoms with Crippen LogP contribution in [0.1, 0.15) is 0 Å². The predicted octanol–water partition coefficient (Wildman–Crippen LogP) is 0.908. The lowest BCUT2D eigenvalue weighted by Gasteiger charge is -2.36. The molecule has 1 unspecified atom stereocenters. The Balaban J connectivity index is 1.68. The summed E-state index contributed by atoms with van der Waals surface area (Å²) >= 11 is 3.51. The third kappa shape index (κ3) is 3.36. The molecule has 0 saturated carbocycles. The number of amides is 1. The summed E-state index contributed by atoms with van der Waals surface area (Å²) in [5, 5.41) is 0. The summed E-state index contributed by atoms with van der Waals surface area (Å²) in [6.45, 7) is 4.30. The van der Waals surface area contributed by atoms with Crippen LogP contribution in [0.5, 0.6) is 0 Å². The van der Waals surface area contributed by atoms with Crippen molar-refractivity contribution in [3.8, 4) is 0 Å². The zero-order valence-corrected chi connectivity index (χ0v) is 13.3. The van der Waals surface area contributed by atoms with Crippen molar-refractivity contribution in [1.82, 2.24) is 9.88 Å². The Bertz CT molecular complexity index is 508. The van der Waals surface area contributed by atoms with Gasteiger partial charge in [-0.1, -0.05) is 0 Å². The highest BCUT2D eigenvalue weighted by Crippen LogP contribution is 2.25. The molecular formula is C14H18BrN3O3. The molecule has 2 saturated heterocycles. The lowest BCUT2D eigenvalue weighted by Crippen LogP contribution is -2.53. The van der Waals surface area contributed by atoms with Crippen molar-refractivity contribution >= 4 is 27.7 Å². The van der Waals surface area contributed by atoms with Crippen molar-refractivity contribution in [3.63, 3.8) is 0 Å². The van der Waals surface area contributed by atoms with E-state index in [1.165, 1.54) is 0 Å². The van der Waals surface area contributed by atoms with Gasteiger partial charge in [-0.2, -0.15) is 0 Å². The number of nitrogens with zero attached hydrogens (tertiary/aromatic N) is 3. The Morgan fingerprint density at radius 3 is 2.86 bits per heavy atom. The Hall–Kier alpha value is -1.18. The third-order valence-corrected chi connectivity index (χ3v) is 4.32. The molecule has 1 amide bonds. The number of carbonyl (C=O) groups excluding carboxylic acids is 1. The number of anilines is 1. The zero-order valence-electron chi connectivity index (χ0n) is 11.7. The molecule has 0 aliphatic carbocycles. The van der Waals surface area contributed by atoms with Gasteiger partial charge in [-0.25, -0.2) is 4.98 Å². The van der Waals surface area contributed by atoms with Crippen LogP contribution < -0.4 is 4.90 Å². The SMILES string of the molecule is O=C(C1CN(c2ncccc2Br)CCO1)N1CCOCC1. The second-order valence-electron chi connectivity index (χ2n) is 5.05. The molecule has 1 atom stereocenters. The molecule has 1 aromatic rings. The molecule has 0 radical (unpaired) electrons. The molecule has 2 aliphatic rings. The van der Waals surface area contributed by atoms with E-state index in [1.54, 1.807) is 6.20 Å². The zero-order chi connectivity index (χ0) is 14.7. The van der Waals surface area contributed by atoms with Crippen LogP contribution in [-0.2, 0) is 14.3 Å². The quantitative estimate of drug-likeness (QED) is 0.789. The van der Waals surface area contributed by atoms with Crippen molar-refractivity contribution in [1.29, 1.82) is 0 Å². The number of ether oxygens (including phenoxy) is 2. The molecule has 2 fully saturated rings. The van der Waals surface area contributed by atoms with Crippen molar-refractivity contribution in [3.05, 3.63) is 22.8 Å². The number of pyridine rings is 1. The topological polar surface area (TPSA) is 54.9 Å². The average molecular weight is 356 g/mol. The van der Waals surface area contributed by atoms with Gasteiger partial charge in [-0.3, -0.25) is 4.79 Å². The molecule has 0 spiro atoms. The monoisotopic (exact) mass is 355 g/mol. The highest BCUT2D eigenvalue weighted by atomic mass is 79.9. The van der Waals surface area contributed by atoms with Gasteiger partial charge in [0.1, 0.15) is 5.82 Å². The first-order valence-corrected chi connectivity index (χ1v) is 7.88. The normalized spacial score (nSPS) is 23.2.